The van der Waals surface area contributed by atoms with Crippen LogP contribution in [0.15, 0.2) is 18.2 Å². The van der Waals surface area contributed by atoms with Crippen LogP contribution in [0, 0.1) is 12.7 Å². The van der Waals surface area contributed by atoms with Crippen molar-refractivity contribution in [3.8, 4) is 0 Å². The Hall–Kier alpha value is -2.44. The number of nitrogens with one attached hydrogen (secondary N) is 2. The summed E-state index contributed by atoms with van der Waals surface area (Å²) in [4.78, 5) is 32.9. The maximum absolute atomic E-state index is 12.8. The molecule has 0 bridgehead atoms. The topological polar surface area (TPSA) is 95.5 Å². The van der Waals surface area contributed by atoms with Crippen molar-refractivity contribution >= 4 is 23.6 Å². The molecular weight excluding hydrogens is 255 g/mol. The number of carbonyl (C=O) groups excluding carboxylic acids is 2. The molecule has 0 atom stereocenters. The van der Waals surface area contributed by atoms with Crippen molar-refractivity contribution in [2.24, 2.45) is 0 Å². The van der Waals surface area contributed by atoms with Gasteiger partial charge in [-0.1, -0.05) is 0 Å². The summed E-state index contributed by atoms with van der Waals surface area (Å²) in [6, 6.07) is 2.99. The SMILES string of the molecule is Cc1cc(F)ccc1NC(=O)NC(=O)CCC(=O)O. The van der Waals surface area contributed by atoms with Crippen molar-refractivity contribution in [2.45, 2.75) is 19.8 Å². The minimum Gasteiger partial charge on any atom is -0.481 e. The van der Waals surface area contributed by atoms with Crippen LogP contribution in [0.3, 0.4) is 0 Å². The van der Waals surface area contributed by atoms with E-state index in [1.54, 1.807) is 6.92 Å². The summed E-state index contributed by atoms with van der Waals surface area (Å²) < 4.78 is 12.8. The van der Waals surface area contributed by atoms with Crippen molar-refractivity contribution in [1.82, 2.24) is 5.32 Å². The fraction of sp³-hybridized carbons (Fsp3) is 0.250. The Labute approximate surface area is 108 Å². The molecular formula is C12H13FN2O4. The van der Waals surface area contributed by atoms with Gasteiger partial charge in [0.15, 0.2) is 0 Å². The highest BCUT2D eigenvalue weighted by atomic mass is 19.1. The number of carboxylic acids is 1. The van der Waals surface area contributed by atoms with Crippen LogP contribution < -0.4 is 10.6 Å². The highest BCUT2D eigenvalue weighted by Crippen LogP contribution is 2.15. The van der Waals surface area contributed by atoms with Gasteiger partial charge in [0.25, 0.3) is 0 Å². The number of hydrogen-bond acceptors (Lipinski definition) is 3. The van der Waals surface area contributed by atoms with E-state index in [2.05, 4.69) is 5.32 Å². The lowest BCUT2D eigenvalue weighted by atomic mass is 10.2. The fourth-order valence-electron chi connectivity index (χ4n) is 1.33. The van der Waals surface area contributed by atoms with Gasteiger partial charge < -0.3 is 10.4 Å². The van der Waals surface area contributed by atoms with Gasteiger partial charge >= 0.3 is 12.0 Å². The Bertz CT molecular complexity index is 516. The van der Waals surface area contributed by atoms with Gasteiger partial charge in [-0.2, -0.15) is 0 Å². The molecule has 3 N–H and O–H groups in total. The molecule has 0 unspecified atom stereocenters. The van der Waals surface area contributed by atoms with E-state index in [4.69, 9.17) is 5.11 Å². The molecule has 1 aromatic carbocycles. The van der Waals surface area contributed by atoms with Crippen LogP contribution in [-0.4, -0.2) is 23.0 Å². The smallest absolute Gasteiger partial charge is 0.325 e. The minimum atomic E-state index is -1.12. The van der Waals surface area contributed by atoms with E-state index in [0.717, 1.165) is 0 Å². The lowest BCUT2D eigenvalue weighted by molar-refractivity contribution is -0.138. The normalized spacial score (nSPS) is 9.79. The van der Waals surface area contributed by atoms with Crippen LogP contribution in [0.4, 0.5) is 14.9 Å². The van der Waals surface area contributed by atoms with Gasteiger partial charge in [0.05, 0.1) is 6.42 Å². The van der Waals surface area contributed by atoms with Gasteiger partial charge in [0, 0.05) is 12.1 Å². The monoisotopic (exact) mass is 268 g/mol. The number of aryl methyl sites for hydroxylation is 1. The number of benzene rings is 1. The van der Waals surface area contributed by atoms with Crippen LogP contribution in [0.25, 0.3) is 0 Å². The van der Waals surface area contributed by atoms with E-state index >= 15 is 0 Å². The third kappa shape index (κ3) is 5.15. The largest absolute Gasteiger partial charge is 0.481 e. The Morgan fingerprint density at radius 2 is 1.95 bits per heavy atom. The second-order valence-corrected chi connectivity index (χ2v) is 3.86. The van der Waals surface area contributed by atoms with Crippen molar-refractivity contribution < 1.29 is 23.9 Å². The van der Waals surface area contributed by atoms with E-state index in [1.807, 2.05) is 5.32 Å². The molecule has 19 heavy (non-hydrogen) atoms. The Morgan fingerprint density at radius 3 is 2.53 bits per heavy atom. The average Bonchev–Trinajstić information content (AvgIpc) is 2.30. The maximum atomic E-state index is 12.8. The molecule has 0 aliphatic carbocycles. The predicted molar refractivity (Wildman–Crippen MR) is 65.2 cm³/mol. The molecule has 7 heteroatoms. The van der Waals surface area contributed by atoms with E-state index in [0.29, 0.717) is 11.3 Å². The molecule has 0 heterocycles. The fourth-order valence-corrected chi connectivity index (χ4v) is 1.33. The zero-order chi connectivity index (χ0) is 14.4. The third-order valence-corrected chi connectivity index (χ3v) is 2.26. The summed E-state index contributed by atoms with van der Waals surface area (Å²) in [7, 11) is 0. The highest BCUT2D eigenvalue weighted by Gasteiger charge is 2.10. The summed E-state index contributed by atoms with van der Waals surface area (Å²) in [6.45, 7) is 1.60. The van der Waals surface area contributed by atoms with Crippen molar-refractivity contribution in [2.75, 3.05) is 5.32 Å². The van der Waals surface area contributed by atoms with Gasteiger partial charge in [0.2, 0.25) is 5.91 Å². The third-order valence-electron chi connectivity index (χ3n) is 2.26. The number of hydrogen-bond donors (Lipinski definition) is 3. The first kappa shape index (κ1) is 14.6. The van der Waals surface area contributed by atoms with Crippen LogP contribution in [0.2, 0.25) is 0 Å². The second kappa shape index (κ2) is 6.48. The minimum absolute atomic E-state index is 0.287. The number of carboxylic acid groups (broad SMARTS) is 1. The van der Waals surface area contributed by atoms with Crippen molar-refractivity contribution in [3.05, 3.63) is 29.6 Å². The Kier molecular flexibility index (Phi) is 4.99. The summed E-state index contributed by atoms with van der Waals surface area (Å²) in [5.41, 5.74) is 0.873. The van der Waals surface area contributed by atoms with E-state index in [9.17, 15) is 18.8 Å². The number of rotatable bonds is 4. The summed E-state index contributed by atoms with van der Waals surface area (Å²) >= 11 is 0. The highest BCUT2D eigenvalue weighted by molar-refractivity contribution is 6.01. The van der Waals surface area contributed by atoms with Gasteiger partial charge in [-0.15, -0.1) is 0 Å². The molecule has 0 aliphatic heterocycles. The zero-order valence-corrected chi connectivity index (χ0v) is 10.2. The van der Waals surface area contributed by atoms with Gasteiger partial charge in [-0.05, 0) is 30.7 Å². The molecule has 0 radical (unpaired) electrons. The summed E-state index contributed by atoms with van der Waals surface area (Å²) in [5.74, 6) is -2.24. The number of carbonyl (C=O) groups is 3. The molecule has 0 spiro atoms. The number of aliphatic carboxylic acids is 1. The molecule has 0 saturated heterocycles. The molecule has 6 nitrogen and oxygen atoms in total. The standard InChI is InChI=1S/C12H13FN2O4/c1-7-6-8(13)2-3-9(7)14-12(19)15-10(16)4-5-11(17)18/h2-3,6H,4-5H2,1H3,(H,17,18)(H2,14,15,16,19). The van der Waals surface area contributed by atoms with Crippen molar-refractivity contribution in [1.29, 1.82) is 0 Å². The Balaban J connectivity index is 2.51. The van der Waals surface area contributed by atoms with Crippen LogP contribution in [-0.2, 0) is 9.59 Å². The molecule has 0 aromatic heterocycles. The van der Waals surface area contributed by atoms with E-state index in [-0.39, 0.29) is 12.8 Å². The van der Waals surface area contributed by atoms with E-state index in [1.165, 1.54) is 18.2 Å². The lowest BCUT2D eigenvalue weighted by Crippen LogP contribution is -2.34. The number of anilines is 1. The first-order chi connectivity index (χ1) is 8.88. The zero-order valence-electron chi connectivity index (χ0n) is 10.2. The number of amides is 3. The molecule has 3 amide bonds. The Morgan fingerprint density at radius 1 is 1.26 bits per heavy atom. The molecule has 1 aromatic rings. The lowest BCUT2D eigenvalue weighted by Gasteiger charge is -2.08. The summed E-state index contributed by atoms with van der Waals surface area (Å²) in [6.07, 6.45) is -0.639. The second-order valence-electron chi connectivity index (χ2n) is 3.86. The molecule has 102 valence electrons. The van der Waals surface area contributed by atoms with Crippen LogP contribution >= 0.6 is 0 Å². The van der Waals surface area contributed by atoms with Crippen LogP contribution in [0.5, 0.6) is 0 Å². The molecule has 0 fully saturated rings. The average molecular weight is 268 g/mol. The molecule has 0 aliphatic rings. The van der Waals surface area contributed by atoms with Gasteiger partial charge in [-0.3, -0.25) is 14.9 Å². The van der Waals surface area contributed by atoms with E-state index < -0.39 is 23.7 Å². The molecule has 1 rings (SSSR count). The first-order valence-corrected chi connectivity index (χ1v) is 5.47. The number of imide groups is 1. The quantitative estimate of drug-likeness (QED) is 0.773. The predicted octanol–water partition coefficient (Wildman–Crippen LogP) is 1.65. The van der Waals surface area contributed by atoms with Crippen molar-refractivity contribution in [3.63, 3.8) is 0 Å². The molecule has 0 saturated carbocycles. The van der Waals surface area contributed by atoms with Gasteiger partial charge in [0.1, 0.15) is 5.82 Å². The first-order valence-electron chi connectivity index (χ1n) is 5.47. The number of halogens is 1. The van der Waals surface area contributed by atoms with Gasteiger partial charge in [-0.25, -0.2) is 9.18 Å². The number of urea groups is 1. The maximum Gasteiger partial charge on any atom is 0.325 e. The summed E-state index contributed by atoms with van der Waals surface area (Å²) in [5, 5.41) is 12.7. The van der Waals surface area contributed by atoms with Crippen LogP contribution in [0.1, 0.15) is 18.4 Å².